The molecular weight excluding hydrogens is 298 g/mol. The third kappa shape index (κ3) is 1.43. The number of benzene rings is 3. The molecule has 24 heavy (non-hydrogen) atoms. The zero-order valence-electron chi connectivity index (χ0n) is 12.8. The lowest BCUT2D eigenvalue weighted by Gasteiger charge is -2.02. The van der Waals surface area contributed by atoms with Gasteiger partial charge in [-0.2, -0.15) is 0 Å². The first-order valence-electron chi connectivity index (χ1n) is 8.10. The highest BCUT2D eigenvalue weighted by atomic mass is 16.5. The topological polar surface area (TPSA) is 34.7 Å². The molecule has 1 aliphatic heterocycles. The minimum atomic E-state index is -0.598. The third-order valence-electron chi connectivity index (χ3n) is 5.00. The maximum atomic E-state index is 6.17. The summed E-state index contributed by atoms with van der Waals surface area (Å²) >= 11 is 0. The van der Waals surface area contributed by atoms with Gasteiger partial charge in [0.15, 0.2) is 0 Å². The Labute approximate surface area is 138 Å². The van der Waals surface area contributed by atoms with Crippen LogP contribution in [0, 0.1) is 0 Å². The van der Waals surface area contributed by atoms with Crippen LogP contribution in [-0.2, 0) is 10.5 Å². The van der Waals surface area contributed by atoms with Gasteiger partial charge in [0.2, 0.25) is 5.72 Å². The van der Waals surface area contributed by atoms with E-state index in [9.17, 15) is 0 Å². The van der Waals surface area contributed by atoms with Crippen LogP contribution in [-0.4, -0.2) is 12.3 Å². The molecule has 0 saturated carbocycles. The fraction of sp³-hybridized carbons (Fsp3) is 0.0952. The molecule has 2 heterocycles. The molecule has 1 unspecified atom stereocenters. The smallest absolute Gasteiger partial charge is 0.213 e. The van der Waals surface area contributed by atoms with Crippen molar-refractivity contribution < 1.29 is 9.15 Å². The van der Waals surface area contributed by atoms with E-state index in [1.165, 1.54) is 0 Å². The van der Waals surface area contributed by atoms with Gasteiger partial charge in [0, 0.05) is 21.9 Å². The summed E-state index contributed by atoms with van der Waals surface area (Å²) in [5.41, 5.74) is 5.67. The van der Waals surface area contributed by atoms with Crippen molar-refractivity contribution in [3.05, 3.63) is 83.4 Å². The van der Waals surface area contributed by atoms with E-state index in [1.54, 1.807) is 0 Å². The van der Waals surface area contributed by atoms with Gasteiger partial charge in [-0.15, -0.1) is 0 Å². The van der Waals surface area contributed by atoms with Gasteiger partial charge >= 0.3 is 0 Å². The van der Waals surface area contributed by atoms with Crippen molar-refractivity contribution in [3.8, 4) is 0 Å². The summed E-state index contributed by atoms with van der Waals surface area (Å²) in [4.78, 5) is 4.96. The summed E-state index contributed by atoms with van der Waals surface area (Å²) in [6.07, 6.45) is 0. The summed E-state index contributed by atoms with van der Waals surface area (Å²) < 4.78 is 12.1. The van der Waals surface area contributed by atoms with Gasteiger partial charge in [-0.05, 0) is 23.8 Å². The first-order valence-corrected chi connectivity index (χ1v) is 8.10. The summed E-state index contributed by atoms with van der Waals surface area (Å²) in [5, 5.41) is 2.27. The summed E-state index contributed by atoms with van der Waals surface area (Å²) in [6.45, 7) is 0.538. The van der Waals surface area contributed by atoms with Crippen molar-refractivity contribution in [1.82, 2.24) is 0 Å². The Bertz CT molecular complexity index is 1160. The Balaban J connectivity index is 1.58. The number of aliphatic imine (C=N–C) groups is 1. The lowest BCUT2D eigenvalue weighted by molar-refractivity contribution is 0.0737. The second-order valence-corrected chi connectivity index (χ2v) is 6.32. The molecule has 1 aliphatic carbocycles. The average Bonchev–Trinajstić information content (AvgIpc) is 2.97. The maximum absolute atomic E-state index is 6.17. The SMILES string of the molecule is c1ccc(C2=NC3(OC2)c2ccc4oc5ccccc5c4c23)cc1. The molecular formula is C21H13NO2. The monoisotopic (exact) mass is 311 g/mol. The molecule has 2 aliphatic rings. The van der Waals surface area contributed by atoms with Crippen LogP contribution in [0.15, 0.2) is 76.1 Å². The second kappa shape index (κ2) is 4.13. The lowest BCUT2D eigenvalue weighted by atomic mass is 10.1. The van der Waals surface area contributed by atoms with E-state index in [0.29, 0.717) is 6.61 Å². The van der Waals surface area contributed by atoms with Gasteiger partial charge in [-0.25, -0.2) is 4.99 Å². The molecule has 114 valence electrons. The average molecular weight is 311 g/mol. The fourth-order valence-corrected chi connectivity index (χ4v) is 3.84. The Hall–Kier alpha value is -2.91. The van der Waals surface area contributed by atoms with E-state index < -0.39 is 5.72 Å². The molecule has 4 aromatic rings. The van der Waals surface area contributed by atoms with Gasteiger partial charge in [0.05, 0.1) is 12.3 Å². The van der Waals surface area contributed by atoms with Crippen molar-refractivity contribution in [3.63, 3.8) is 0 Å². The van der Waals surface area contributed by atoms with E-state index >= 15 is 0 Å². The molecule has 3 heteroatoms. The molecule has 0 radical (unpaired) electrons. The molecule has 0 saturated heterocycles. The van der Waals surface area contributed by atoms with Crippen molar-refractivity contribution in [1.29, 1.82) is 0 Å². The Morgan fingerprint density at radius 1 is 0.833 bits per heavy atom. The minimum Gasteiger partial charge on any atom is -0.456 e. The minimum absolute atomic E-state index is 0.538. The zero-order valence-corrected chi connectivity index (χ0v) is 12.8. The van der Waals surface area contributed by atoms with Gasteiger partial charge in [0.1, 0.15) is 11.2 Å². The number of para-hydroxylation sites is 1. The number of hydrogen-bond donors (Lipinski definition) is 0. The molecule has 0 fully saturated rings. The van der Waals surface area contributed by atoms with Crippen molar-refractivity contribution in [2.75, 3.05) is 6.61 Å². The van der Waals surface area contributed by atoms with Gasteiger partial charge in [-0.3, -0.25) is 0 Å². The maximum Gasteiger partial charge on any atom is 0.213 e. The van der Waals surface area contributed by atoms with Crippen LogP contribution in [0.4, 0.5) is 0 Å². The molecule has 6 rings (SSSR count). The molecule has 0 N–H and O–H groups in total. The van der Waals surface area contributed by atoms with Crippen LogP contribution in [0.5, 0.6) is 0 Å². The molecule has 3 nitrogen and oxygen atoms in total. The highest BCUT2D eigenvalue weighted by Crippen LogP contribution is 2.58. The van der Waals surface area contributed by atoms with Crippen LogP contribution in [0.3, 0.4) is 0 Å². The number of ether oxygens (including phenoxy) is 1. The predicted molar refractivity (Wildman–Crippen MR) is 93.4 cm³/mol. The summed E-state index contributed by atoms with van der Waals surface area (Å²) in [5.74, 6) is 0. The van der Waals surface area contributed by atoms with E-state index in [0.717, 1.165) is 44.3 Å². The standard InChI is InChI=1S/C21H13NO2/c1-2-6-13(7-3-1)16-12-23-21(22-16)15-10-11-18-19(20(15)21)14-8-4-5-9-17(14)24-18/h1-11H,12H2. The van der Waals surface area contributed by atoms with Gasteiger partial charge in [-0.1, -0.05) is 48.5 Å². The largest absolute Gasteiger partial charge is 0.456 e. The molecule has 0 bridgehead atoms. The first kappa shape index (κ1) is 12.5. The Morgan fingerprint density at radius 3 is 2.58 bits per heavy atom. The van der Waals surface area contributed by atoms with Gasteiger partial charge in [0.25, 0.3) is 0 Å². The van der Waals surface area contributed by atoms with E-state index in [4.69, 9.17) is 14.1 Å². The number of fused-ring (bicyclic) bond motifs is 7. The third-order valence-corrected chi connectivity index (χ3v) is 5.00. The van der Waals surface area contributed by atoms with Crippen LogP contribution in [0.2, 0.25) is 0 Å². The first-order chi connectivity index (χ1) is 11.9. The predicted octanol–water partition coefficient (Wildman–Crippen LogP) is 4.62. The Morgan fingerprint density at radius 2 is 1.67 bits per heavy atom. The van der Waals surface area contributed by atoms with Crippen molar-refractivity contribution >= 4 is 27.7 Å². The zero-order chi connectivity index (χ0) is 15.7. The number of hydrogen-bond acceptors (Lipinski definition) is 3. The van der Waals surface area contributed by atoms with Gasteiger partial charge < -0.3 is 9.15 Å². The van der Waals surface area contributed by atoms with Crippen LogP contribution in [0.25, 0.3) is 21.9 Å². The fourth-order valence-electron chi connectivity index (χ4n) is 3.84. The normalized spacial score (nSPS) is 21.4. The molecule has 1 aromatic heterocycles. The van der Waals surface area contributed by atoms with Crippen LogP contribution < -0.4 is 0 Å². The number of rotatable bonds is 1. The molecule has 3 aromatic carbocycles. The molecule has 1 spiro atoms. The molecule has 0 amide bonds. The molecule has 1 atom stereocenters. The number of furan rings is 1. The van der Waals surface area contributed by atoms with Crippen molar-refractivity contribution in [2.45, 2.75) is 5.72 Å². The quantitative estimate of drug-likeness (QED) is 0.514. The summed E-state index contributed by atoms with van der Waals surface area (Å²) in [6, 6.07) is 22.5. The second-order valence-electron chi connectivity index (χ2n) is 6.32. The van der Waals surface area contributed by atoms with E-state index in [2.05, 4.69) is 24.3 Å². The summed E-state index contributed by atoms with van der Waals surface area (Å²) in [7, 11) is 0. The van der Waals surface area contributed by atoms with Crippen LogP contribution in [0.1, 0.15) is 16.7 Å². The highest BCUT2D eigenvalue weighted by molar-refractivity contribution is 6.11. The lowest BCUT2D eigenvalue weighted by Crippen LogP contribution is -2.04. The van der Waals surface area contributed by atoms with E-state index in [-0.39, 0.29) is 0 Å². The van der Waals surface area contributed by atoms with Crippen LogP contribution >= 0.6 is 0 Å². The highest BCUT2D eigenvalue weighted by Gasteiger charge is 2.57. The Kier molecular flexibility index (Phi) is 2.15. The van der Waals surface area contributed by atoms with Crippen molar-refractivity contribution in [2.24, 2.45) is 4.99 Å². The van der Waals surface area contributed by atoms with E-state index in [1.807, 2.05) is 42.5 Å². The number of nitrogens with zero attached hydrogens (tertiary/aromatic N) is 1.